The number of nitrogens with one attached hydrogen (secondary N) is 2. The van der Waals surface area contributed by atoms with Crippen LogP contribution in [0.1, 0.15) is 11.1 Å². The third-order valence-electron chi connectivity index (χ3n) is 3.24. The summed E-state index contributed by atoms with van der Waals surface area (Å²) in [7, 11) is 1.59. The second kappa shape index (κ2) is 7.18. The Bertz CT molecular complexity index is 663. The van der Waals surface area contributed by atoms with Gasteiger partial charge in [0.05, 0.1) is 30.1 Å². The van der Waals surface area contributed by atoms with Gasteiger partial charge in [-0.15, -0.1) is 0 Å². The Hall–Kier alpha value is -2.20. The van der Waals surface area contributed by atoms with Gasteiger partial charge in [-0.05, 0) is 43.2 Å². The van der Waals surface area contributed by atoms with Crippen molar-refractivity contribution in [3.63, 3.8) is 0 Å². The van der Waals surface area contributed by atoms with Gasteiger partial charge >= 0.3 is 0 Å². The first-order valence-corrected chi connectivity index (χ1v) is 7.32. The minimum absolute atomic E-state index is 0.129. The maximum Gasteiger partial charge on any atom is 0.243 e. The number of ether oxygens (including phenoxy) is 1. The topological polar surface area (TPSA) is 50.4 Å². The summed E-state index contributed by atoms with van der Waals surface area (Å²) in [4.78, 5) is 12.1. The van der Waals surface area contributed by atoms with E-state index in [0.29, 0.717) is 16.5 Å². The minimum atomic E-state index is -0.167. The van der Waals surface area contributed by atoms with Crippen molar-refractivity contribution in [1.82, 2.24) is 0 Å². The van der Waals surface area contributed by atoms with E-state index in [1.165, 1.54) is 0 Å². The normalized spacial score (nSPS) is 10.2. The molecule has 0 aliphatic rings. The summed E-state index contributed by atoms with van der Waals surface area (Å²) in [6, 6.07) is 11.3. The molecule has 0 spiro atoms. The van der Waals surface area contributed by atoms with Crippen LogP contribution < -0.4 is 15.4 Å². The molecule has 116 valence electrons. The lowest BCUT2D eigenvalue weighted by atomic mass is 10.1. The molecule has 0 saturated carbocycles. The Morgan fingerprint density at radius 1 is 1.23 bits per heavy atom. The second-order valence-corrected chi connectivity index (χ2v) is 5.45. The lowest BCUT2D eigenvalue weighted by Gasteiger charge is -2.13. The van der Waals surface area contributed by atoms with Gasteiger partial charge in [0, 0.05) is 0 Å². The van der Waals surface area contributed by atoms with Crippen molar-refractivity contribution in [3.05, 3.63) is 52.5 Å². The van der Waals surface area contributed by atoms with Gasteiger partial charge in [0.15, 0.2) is 0 Å². The highest BCUT2D eigenvalue weighted by molar-refractivity contribution is 6.34. The Morgan fingerprint density at radius 2 is 1.95 bits per heavy atom. The fraction of sp³-hybridized carbons (Fsp3) is 0.235. The molecule has 0 saturated heterocycles. The Labute approximate surface area is 135 Å². The third-order valence-corrected chi connectivity index (χ3v) is 3.54. The van der Waals surface area contributed by atoms with Crippen molar-refractivity contribution >= 4 is 28.9 Å². The standard InChI is InChI=1S/C17H19ClN2O2/c1-11-8-12(2)17(13(18)9-11)20-16(21)10-19-14-6-4-5-7-15(14)22-3/h4-9,19H,10H2,1-3H3,(H,20,21). The number of anilines is 2. The van der Waals surface area contributed by atoms with E-state index in [4.69, 9.17) is 16.3 Å². The molecule has 4 nitrogen and oxygen atoms in total. The third kappa shape index (κ3) is 3.92. The van der Waals surface area contributed by atoms with Gasteiger partial charge in [-0.3, -0.25) is 4.79 Å². The van der Waals surface area contributed by atoms with Crippen LogP contribution in [0.15, 0.2) is 36.4 Å². The number of para-hydroxylation sites is 2. The summed E-state index contributed by atoms with van der Waals surface area (Å²) in [5.41, 5.74) is 3.43. The van der Waals surface area contributed by atoms with E-state index in [0.717, 1.165) is 16.8 Å². The van der Waals surface area contributed by atoms with Crippen molar-refractivity contribution in [3.8, 4) is 5.75 Å². The first-order valence-electron chi connectivity index (χ1n) is 6.94. The fourth-order valence-corrected chi connectivity index (χ4v) is 2.59. The zero-order valence-corrected chi connectivity index (χ0v) is 13.6. The van der Waals surface area contributed by atoms with Crippen molar-refractivity contribution < 1.29 is 9.53 Å². The fourth-order valence-electron chi connectivity index (χ4n) is 2.22. The highest BCUT2D eigenvalue weighted by Gasteiger charge is 2.10. The monoisotopic (exact) mass is 318 g/mol. The van der Waals surface area contributed by atoms with Gasteiger partial charge in [0.2, 0.25) is 5.91 Å². The molecule has 2 aromatic carbocycles. The molecular weight excluding hydrogens is 300 g/mol. The second-order valence-electron chi connectivity index (χ2n) is 5.04. The van der Waals surface area contributed by atoms with Gasteiger partial charge in [-0.2, -0.15) is 0 Å². The van der Waals surface area contributed by atoms with Crippen LogP contribution in [-0.4, -0.2) is 19.6 Å². The first-order chi connectivity index (χ1) is 10.5. The number of carbonyl (C=O) groups is 1. The van der Waals surface area contributed by atoms with E-state index in [1.54, 1.807) is 7.11 Å². The lowest BCUT2D eigenvalue weighted by Crippen LogP contribution is -2.22. The maximum absolute atomic E-state index is 12.1. The zero-order valence-electron chi connectivity index (χ0n) is 12.9. The van der Waals surface area contributed by atoms with Crippen molar-refractivity contribution in [2.75, 3.05) is 24.3 Å². The van der Waals surface area contributed by atoms with Crippen LogP contribution in [0.2, 0.25) is 5.02 Å². The SMILES string of the molecule is COc1ccccc1NCC(=O)Nc1c(C)cc(C)cc1Cl. The highest BCUT2D eigenvalue weighted by Crippen LogP contribution is 2.27. The number of benzene rings is 2. The van der Waals surface area contributed by atoms with Gasteiger partial charge in [-0.1, -0.05) is 29.8 Å². The molecule has 2 rings (SSSR count). The number of methoxy groups -OCH3 is 1. The molecule has 0 unspecified atom stereocenters. The van der Waals surface area contributed by atoms with Gasteiger partial charge in [0.25, 0.3) is 0 Å². The van der Waals surface area contributed by atoms with Crippen molar-refractivity contribution in [1.29, 1.82) is 0 Å². The minimum Gasteiger partial charge on any atom is -0.495 e. The zero-order chi connectivity index (χ0) is 16.1. The summed E-state index contributed by atoms with van der Waals surface area (Å²) >= 11 is 6.19. The molecule has 2 N–H and O–H groups in total. The molecule has 0 aliphatic heterocycles. The van der Waals surface area contributed by atoms with Crippen LogP contribution in [0.3, 0.4) is 0 Å². The van der Waals surface area contributed by atoms with E-state index < -0.39 is 0 Å². The van der Waals surface area contributed by atoms with Crippen LogP contribution in [0.25, 0.3) is 0 Å². The molecule has 0 radical (unpaired) electrons. The lowest BCUT2D eigenvalue weighted by molar-refractivity contribution is -0.114. The molecular formula is C17H19ClN2O2. The molecule has 0 bridgehead atoms. The highest BCUT2D eigenvalue weighted by atomic mass is 35.5. The summed E-state index contributed by atoms with van der Waals surface area (Å²) in [5.74, 6) is 0.527. The Morgan fingerprint density at radius 3 is 2.64 bits per heavy atom. The smallest absolute Gasteiger partial charge is 0.243 e. The van der Waals surface area contributed by atoms with E-state index in [2.05, 4.69) is 10.6 Å². The van der Waals surface area contributed by atoms with Crippen molar-refractivity contribution in [2.24, 2.45) is 0 Å². The van der Waals surface area contributed by atoms with E-state index in [9.17, 15) is 4.79 Å². The molecule has 0 fully saturated rings. The molecule has 2 aromatic rings. The molecule has 0 aliphatic carbocycles. The number of aryl methyl sites for hydroxylation is 2. The molecule has 0 atom stereocenters. The quantitative estimate of drug-likeness (QED) is 0.875. The van der Waals surface area contributed by atoms with E-state index >= 15 is 0 Å². The van der Waals surface area contributed by atoms with Crippen LogP contribution in [0, 0.1) is 13.8 Å². The predicted octanol–water partition coefficient (Wildman–Crippen LogP) is 4.02. The Kier molecular flexibility index (Phi) is 5.28. The van der Waals surface area contributed by atoms with Crippen LogP contribution in [0.4, 0.5) is 11.4 Å². The summed E-state index contributed by atoms with van der Waals surface area (Å²) in [6.45, 7) is 4.01. The van der Waals surface area contributed by atoms with Crippen LogP contribution >= 0.6 is 11.6 Å². The van der Waals surface area contributed by atoms with Gasteiger partial charge in [0.1, 0.15) is 5.75 Å². The van der Waals surface area contributed by atoms with Crippen LogP contribution in [0.5, 0.6) is 5.75 Å². The van der Waals surface area contributed by atoms with Gasteiger partial charge in [-0.25, -0.2) is 0 Å². The Balaban J connectivity index is 2.02. The summed E-state index contributed by atoms with van der Waals surface area (Å²) in [5, 5.41) is 6.44. The number of rotatable bonds is 5. The van der Waals surface area contributed by atoms with E-state index in [1.807, 2.05) is 50.2 Å². The molecule has 5 heteroatoms. The molecule has 0 heterocycles. The average molecular weight is 319 g/mol. The largest absolute Gasteiger partial charge is 0.495 e. The van der Waals surface area contributed by atoms with Crippen LogP contribution in [-0.2, 0) is 4.79 Å². The number of amides is 1. The summed E-state index contributed by atoms with van der Waals surface area (Å²) in [6.07, 6.45) is 0. The number of hydrogen-bond acceptors (Lipinski definition) is 3. The maximum atomic E-state index is 12.1. The number of halogens is 1. The molecule has 22 heavy (non-hydrogen) atoms. The number of carbonyl (C=O) groups excluding carboxylic acids is 1. The number of hydrogen-bond donors (Lipinski definition) is 2. The molecule has 0 aromatic heterocycles. The van der Waals surface area contributed by atoms with E-state index in [-0.39, 0.29) is 12.5 Å². The summed E-state index contributed by atoms with van der Waals surface area (Å²) < 4.78 is 5.23. The van der Waals surface area contributed by atoms with Crippen molar-refractivity contribution in [2.45, 2.75) is 13.8 Å². The first kappa shape index (κ1) is 16.2. The molecule has 1 amide bonds. The predicted molar refractivity (Wildman–Crippen MR) is 91.0 cm³/mol. The van der Waals surface area contributed by atoms with Gasteiger partial charge < -0.3 is 15.4 Å². The average Bonchev–Trinajstić information content (AvgIpc) is 2.49.